The second kappa shape index (κ2) is 9.95. The molecule has 1 heterocycles. The third-order valence-electron chi connectivity index (χ3n) is 4.39. The fraction of sp³-hybridized carbons (Fsp3) is 0.762. The van der Waals surface area contributed by atoms with Gasteiger partial charge in [0.05, 0.1) is 0 Å². The van der Waals surface area contributed by atoms with E-state index in [0.717, 1.165) is 19.4 Å². The molecule has 0 saturated heterocycles. The second-order valence-corrected chi connectivity index (χ2v) is 7.98. The van der Waals surface area contributed by atoms with Crippen molar-refractivity contribution in [1.82, 2.24) is 4.90 Å². The van der Waals surface area contributed by atoms with Crippen LogP contribution in [0.25, 0.3) is 0 Å². The molecule has 2 nitrogen and oxygen atoms in total. The molecule has 1 aliphatic rings. The van der Waals surface area contributed by atoms with Gasteiger partial charge in [-0.15, -0.1) is 0 Å². The van der Waals surface area contributed by atoms with Crippen LogP contribution in [0.15, 0.2) is 28.5 Å². The zero-order chi connectivity index (χ0) is 17.3. The van der Waals surface area contributed by atoms with E-state index in [9.17, 15) is 0 Å². The summed E-state index contributed by atoms with van der Waals surface area (Å²) in [5, 5.41) is 0. The molecule has 0 aliphatic carbocycles. The topological polar surface area (TPSA) is 15.6 Å². The summed E-state index contributed by atoms with van der Waals surface area (Å²) >= 11 is 0. The highest BCUT2D eigenvalue weighted by Gasteiger charge is 2.24. The number of hydrogen-bond acceptors (Lipinski definition) is 2. The summed E-state index contributed by atoms with van der Waals surface area (Å²) in [5.74, 6) is 1.19. The minimum absolute atomic E-state index is 0.281. The smallest absolute Gasteiger partial charge is 0.124 e. The zero-order valence-electron chi connectivity index (χ0n) is 16.4. The van der Waals surface area contributed by atoms with Crippen LogP contribution < -0.4 is 0 Å². The maximum atomic E-state index is 4.84. The molecule has 132 valence electrons. The van der Waals surface area contributed by atoms with Crippen molar-refractivity contribution in [3.63, 3.8) is 0 Å². The number of allylic oxidation sites excluding steroid dienone is 3. The molecule has 0 radical (unpaired) electrons. The molecular weight excluding hydrogens is 280 g/mol. The van der Waals surface area contributed by atoms with Gasteiger partial charge in [0.25, 0.3) is 0 Å². The van der Waals surface area contributed by atoms with Gasteiger partial charge < -0.3 is 4.90 Å². The quantitative estimate of drug-likeness (QED) is 0.509. The molecular formula is C21H38N2. The summed E-state index contributed by atoms with van der Waals surface area (Å²) in [7, 11) is 0. The normalized spacial score (nSPS) is 21.9. The first-order valence-electron chi connectivity index (χ1n) is 9.60. The lowest BCUT2D eigenvalue weighted by Gasteiger charge is -2.38. The summed E-state index contributed by atoms with van der Waals surface area (Å²) < 4.78 is 0. The summed E-state index contributed by atoms with van der Waals surface area (Å²) in [6.45, 7) is 14.9. The maximum Gasteiger partial charge on any atom is 0.124 e. The molecule has 0 saturated carbocycles. The van der Waals surface area contributed by atoms with Crippen molar-refractivity contribution < 1.29 is 0 Å². The van der Waals surface area contributed by atoms with Crippen LogP contribution in [0.4, 0.5) is 0 Å². The van der Waals surface area contributed by atoms with Crippen LogP contribution in [0.1, 0.15) is 86.5 Å². The Hall–Kier alpha value is -1.05. The molecule has 1 aliphatic heterocycles. The molecule has 2 heteroatoms. The lowest BCUT2D eigenvalue weighted by Crippen LogP contribution is -2.40. The van der Waals surface area contributed by atoms with Crippen LogP contribution in [0.3, 0.4) is 0 Å². The highest BCUT2D eigenvalue weighted by Crippen LogP contribution is 2.27. The van der Waals surface area contributed by atoms with Gasteiger partial charge >= 0.3 is 0 Å². The first kappa shape index (κ1) is 20.0. The summed E-state index contributed by atoms with van der Waals surface area (Å²) in [6, 6.07) is 0.613. The van der Waals surface area contributed by atoms with Crippen molar-refractivity contribution in [2.45, 2.75) is 92.5 Å². The van der Waals surface area contributed by atoms with Gasteiger partial charge in [-0.25, -0.2) is 4.99 Å². The Bertz CT molecular complexity index is 418. The fourth-order valence-electron chi connectivity index (χ4n) is 3.26. The van der Waals surface area contributed by atoms with Crippen LogP contribution >= 0.6 is 0 Å². The van der Waals surface area contributed by atoms with Gasteiger partial charge in [0.1, 0.15) is 5.82 Å². The maximum absolute atomic E-state index is 4.84. The third-order valence-corrected chi connectivity index (χ3v) is 4.39. The molecule has 0 aromatic carbocycles. The summed E-state index contributed by atoms with van der Waals surface area (Å²) in [4.78, 5) is 7.43. The second-order valence-electron chi connectivity index (χ2n) is 7.98. The molecule has 0 unspecified atom stereocenters. The highest BCUT2D eigenvalue weighted by molar-refractivity contribution is 5.73. The Kier molecular flexibility index (Phi) is 8.65. The molecule has 0 bridgehead atoms. The van der Waals surface area contributed by atoms with Crippen LogP contribution in [0.5, 0.6) is 0 Å². The van der Waals surface area contributed by atoms with E-state index in [1.807, 2.05) is 6.21 Å². The lowest BCUT2D eigenvalue weighted by molar-refractivity contribution is 0.161. The fourth-order valence-corrected chi connectivity index (χ4v) is 3.26. The van der Waals surface area contributed by atoms with Crippen molar-refractivity contribution in [2.24, 2.45) is 10.4 Å². The first-order chi connectivity index (χ1) is 10.9. The predicted octanol–water partition coefficient (Wildman–Crippen LogP) is 6.35. The van der Waals surface area contributed by atoms with Crippen molar-refractivity contribution in [3.8, 4) is 0 Å². The Labute approximate surface area is 144 Å². The van der Waals surface area contributed by atoms with Crippen molar-refractivity contribution in [2.75, 3.05) is 6.54 Å². The Morgan fingerprint density at radius 3 is 2.30 bits per heavy atom. The van der Waals surface area contributed by atoms with Gasteiger partial charge in [-0.3, -0.25) is 0 Å². The van der Waals surface area contributed by atoms with E-state index in [4.69, 9.17) is 4.99 Å². The minimum atomic E-state index is 0.281. The predicted molar refractivity (Wildman–Crippen MR) is 104 cm³/mol. The number of nitrogens with zero attached hydrogens (tertiary/aromatic N) is 2. The van der Waals surface area contributed by atoms with E-state index in [2.05, 4.69) is 58.6 Å². The van der Waals surface area contributed by atoms with Gasteiger partial charge in [-0.1, -0.05) is 60.0 Å². The van der Waals surface area contributed by atoms with Gasteiger partial charge in [0, 0.05) is 18.8 Å². The molecule has 0 aromatic heterocycles. The molecule has 0 amide bonds. The van der Waals surface area contributed by atoms with Crippen molar-refractivity contribution in [1.29, 1.82) is 0 Å². The average molecular weight is 319 g/mol. The summed E-state index contributed by atoms with van der Waals surface area (Å²) in [5.41, 5.74) is 1.79. The van der Waals surface area contributed by atoms with Gasteiger partial charge in [0.2, 0.25) is 0 Å². The highest BCUT2D eigenvalue weighted by atomic mass is 15.2. The lowest BCUT2D eigenvalue weighted by atomic mass is 9.93. The summed E-state index contributed by atoms with van der Waals surface area (Å²) in [6.07, 6.45) is 15.0. The molecule has 0 spiro atoms. The van der Waals surface area contributed by atoms with Crippen molar-refractivity contribution in [3.05, 3.63) is 23.5 Å². The number of hydrogen-bond donors (Lipinski definition) is 0. The van der Waals surface area contributed by atoms with Crippen LogP contribution in [-0.2, 0) is 0 Å². The standard InChI is InChI=1S/C21H38N2/c1-7-11-19(12-8-2)23(17-21(4,5)6)20-14-10-13-18(9-3)15-16-22-20/h14-16,19H,7-13,17H2,1-6H3/b18-15+,20-14-,22-16-. The van der Waals surface area contributed by atoms with Crippen LogP contribution in [0, 0.1) is 5.41 Å². The Morgan fingerprint density at radius 1 is 1.13 bits per heavy atom. The van der Waals surface area contributed by atoms with E-state index in [1.165, 1.54) is 43.5 Å². The molecule has 0 N–H and O–H groups in total. The van der Waals surface area contributed by atoms with E-state index in [-0.39, 0.29) is 5.41 Å². The zero-order valence-corrected chi connectivity index (χ0v) is 16.4. The minimum Gasteiger partial charge on any atom is -0.353 e. The third kappa shape index (κ3) is 7.37. The molecule has 0 atom stereocenters. The monoisotopic (exact) mass is 318 g/mol. The molecule has 0 fully saturated rings. The Balaban J connectivity index is 3.04. The van der Waals surface area contributed by atoms with Crippen LogP contribution in [0.2, 0.25) is 0 Å². The van der Waals surface area contributed by atoms with Crippen molar-refractivity contribution >= 4 is 6.21 Å². The SMILES string of the molecule is CCCC(CCC)N(CC(C)(C)C)C1=C\CC/C(CC)=C/C=N\1. The van der Waals surface area contributed by atoms with E-state index in [0.29, 0.717) is 6.04 Å². The molecule has 0 aromatic rings. The van der Waals surface area contributed by atoms with Gasteiger partial charge in [-0.05, 0) is 49.7 Å². The van der Waals surface area contributed by atoms with E-state index < -0.39 is 0 Å². The number of aliphatic imine (C=N–C) groups is 1. The van der Waals surface area contributed by atoms with Gasteiger partial charge in [-0.2, -0.15) is 0 Å². The first-order valence-corrected chi connectivity index (χ1v) is 9.60. The van der Waals surface area contributed by atoms with E-state index >= 15 is 0 Å². The molecule has 23 heavy (non-hydrogen) atoms. The molecule has 1 rings (SSSR count). The largest absolute Gasteiger partial charge is 0.353 e. The van der Waals surface area contributed by atoms with Crippen LogP contribution in [-0.4, -0.2) is 23.7 Å². The van der Waals surface area contributed by atoms with Gasteiger partial charge in [0.15, 0.2) is 0 Å². The number of rotatable bonds is 8. The Morgan fingerprint density at radius 2 is 1.78 bits per heavy atom. The average Bonchev–Trinajstić information content (AvgIpc) is 2.44. The van der Waals surface area contributed by atoms with E-state index in [1.54, 1.807) is 0 Å².